The molecule has 0 amide bonds. The number of carbonyl (C=O) groups is 1. The van der Waals surface area contributed by atoms with Crippen LogP contribution >= 0.6 is 0 Å². The van der Waals surface area contributed by atoms with Crippen molar-refractivity contribution in [1.29, 1.82) is 0 Å². The molecular formula is C16H31NO3. The van der Waals surface area contributed by atoms with Gasteiger partial charge in [0.1, 0.15) is 5.54 Å². The molecule has 0 aromatic heterocycles. The molecule has 0 spiro atoms. The number of unbranched alkanes of at least 4 members (excludes halogenated alkanes) is 1. The van der Waals surface area contributed by atoms with Gasteiger partial charge in [-0.15, -0.1) is 0 Å². The van der Waals surface area contributed by atoms with Crippen LogP contribution in [-0.4, -0.2) is 35.9 Å². The van der Waals surface area contributed by atoms with E-state index in [1.54, 1.807) is 6.92 Å². The van der Waals surface area contributed by atoms with Crippen LogP contribution in [0.25, 0.3) is 0 Å². The highest BCUT2D eigenvalue weighted by Gasteiger charge is 2.31. The Labute approximate surface area is 123 Å². The van der Waals surface area contributed by atoms with Crippen molar-refractivity contribution in [3.05, 3.63) is 0 Å². The lowest BCUT2D eigenvalue weighted by atomic mass is 9.94. The van der Waals surface area contributed by atoms with E-state index in [9.17, 15) is 9.90 Å². The molecule has 1 aliphatic rings. The normalized spacial score (nSPS) is 19.7. The Bertz CT molecular complexity index is 277. The van der Waals surface area contributed by atoms with Crippen LogP contribution in [0.2, 0.25) is 0 Å². The van der Waals surface area contributed by atoms with E-state index in [4.69, 9.17) is 4.74 Å². The summed E-state index contributed by atoms with van der Waals surface area (Å²) in [5.74, 6) is -0.751. The highest BCUT2D eigenvalue weighted by Crippen LogP contribution is 2.21. The molecule has 0 aromatic rings. The van der Waals surface area contributed by atoms with Gasteiger partial charge in [0.05, 0.1) is 6.10 Å². The van der Waals surface area contributed by atoms with Gasteiger partial charge >= 0.3 is 5.97 Å². The summed E-state index contributed by atoms with van der Waals surface area (Å²) in [6.45, 7) is 5.36. The molecule has 4 nitrogen and oxygen atoms in total. The second-order valence-electron chi connectivity index (χ2n) is 6.15. The van der Waals surface area contributed by atoms with Crippen LogP contribution in [0.4, 0.5) is 0 Å². The Balaban J connectivity index is 2.15. The van der Waals surface area contributed by atoms with Crippen molar-refractivity contribution >= 4 is 5.97 Å². The summed E-state index contributed by atoms with van der Waals surface area (Å²) in [6.07, 6.45) is 10.2. The van der Waals surface area contributed by atoms with Crippen molar-refractivity contribution in [2.75, 3.05) is 13.2 Å². The predicted molar refractivity (Wildman–Crippen MR) is 81.0 cm³/mol. The molecule has 1 rings (SSSR count). The number of nitrogens with one attached hydrogen (secondary N) is 1. The van der Waals surface area contributed by atoms with Crippen molar-refractivity contribution in [3.63, 3.8) is 0 Å². The maximum absolute atomic E-state index is 11.3. The first kappa shape index (κ1) is 17.4. The minimum atomic E-state index is -0.791. The molecule has 1 saturated carbocycles. The number of ether oxygens (including phenoxy) is 1. The Morgan fingerprint density at radius 2 is 2.00 bits per heavy atom. The van der Waals surface area contributed by atoms with E-state index in [0.717, 1.165) is 32.4 Å². The van der Waals surface area contributed by atoms with Gasteiger partial charge in [-0.3, -0.25) is 4.79 Å². The number of carboxylic acid groups (broad SMARTS) is 1. The second kappa shape index (κ2) is 9.35. The highest BCUT2D eigenvalue weighted by atomic mass is 16.5. The van der Waals surface area contributed by atoms with Gasteiger partial charge in [-0.2, -0.15) is 0 Å². The highest BCUT2D eigenvalue weighted by molar-refractivity contribution is 5.78. The predicted octanol–water partition coefficient (Wildman–Crippen LogP) is 3.35. The Kier molecular flexibility index (Phi) is 8.15. The van der Waals surface area contributed by atoms with E-state index in [1.165, 1.54) is 32.1 Å². The average molecular weight is 285 g/mol. The summed E-state index contributed by atoms with van der Waals surface area (Å²) in [5, 5.41) is 12.5. The molecule has 1 aliphatic carbocycles. The molecule has 0 aromatic carbocycles. The van der Waals surface area contributed by atoms with Gasteiger partial charge in [-0.05, 0) is 52.0 Å². The molecule has 1 atom stereocenters. The summed E-state index contributed by atoms with van der Waals surface area (Å²) >= 11 is 0. The Morgan fingerprint density at radius 3 is 2.60 bits per heavy atom. The van der Waals surface area contributed by atoms with Crippen molar-refractivity contribution in [2.24, 2.45) is 0 Å². The summed E-state index contributed by atoms with van der Waals surface area (Å²) in [6, 6.07) is 0. The molecule has 1 unspecified atom stereocenters. The van der Waals surface area contributed by atoms with Crippen LogP contribution in [0.1, 0.15) is 71.6 Å². The molecule has 0 saturated heterocycles. The van der Waals surface area contributed by atoms with Gasteiger partial charge in [0, 0.05) is 6.61 Å². The van der Waals surface area contributed by atoms with Crippen LogP contribution < -0.4 is 5.32 Å². The zero-order chi connectivity index (χ0) is 14.8. The molecule has 20 heavy (non-hydrogen) atoms. The molecule has 0 radical (unpaired) electrons. The van der Waals surface area contributed by atoms with Crippen LogP contribution in [0, 0.1) is 0 Å². The van der Waals surface area contributed by atoms with Gasteiger partial charge in [-0.1, -0.05) is 26.2 Å². The fourth-order valence-corrected chi connectivity index (χ4v) is 2.73. The molecular weight excluding hydrogens is 254 g/mol. The van der Waals surface area contributed by atoms with Crippen LogP contribution in [-0.2, 0) is 9.53 Å². The van der Waals surface area contributed by atoms with E-state index in [1.807, 2.05) is 6.92 Å². The third-order valence-corrected chi connectivity index (χ3v) is 4.21. The van der Waals surface area contributed by atoms with Gasteiger partial charge in [0.25, 0.3) is 0 Å². The van der Waals surface area contributed by atoms with E-state index < -0.39 is 11.5 Å². The van der Waals surface area contributed by atoms with E-state index in [2.05, 4.69) is 5.32 Å². The maximum Gasteiger partial charge on any atom is 0.323 e. The number of rotatable bonds is 10. The number of carboxylic acids is 1. The van der Waals surface area contributed by atoms with Crippen LogP contribution in [0.3, 0.4) is 0 Å². The topological polar surface area (TPSA) is 58.6 Å². The first-order valence-electron chi connectivity index (χ1n) is 8.18. The minimum Gasteiger partial charge on any atom is -0.480 e. The molecule has 118 valence electrons. The fourth-order valence-electron chi connectivity index (χ4n) is 2.73. The third-order valence-electron chi connectivity index (χ3n) is 4.21. The Hall–Kier alpha value is -0.610. The third kappa shape index (κ3) is 6.23. The lowest BCUT2D eigenvalue weighted by Gasteiger charge is -2.26. The van der Waals surface area contributed by atoms with Gasteiger partial charge in [0.2, 0.25) is 0 Å². The minimum absolute atomic E-state index is 0.452. The fraction of sp³-hybridized carbons (Fsp3) is 0.938. The summed E-state index contributed by atoms with van der Waals surface area (Å²) in [4.78, 5) is 11.3. The first-order chi connectivity index (χ1) is 9.58. The van der Waals surface area contributed by atoms with Crippen LogP contribution in [0.15, 0.2) is 0 Å². The number of hydrogen-bond acceptors (Lipinski definition) is 3. The van der Waals surface area contributed by atoms with E-state index >= 15 is 0 Å². The smallest absolute Gasteiger partial charge is 0.323 e. The summed E-state index contributed by atoms with van der Waals surface area (Å²) in [5.41, 5.74) is -0.791. The molecule has 4 heteroatoms. The van der Waals surface area contributed by atoms with Gasteiger partial charge in [-0.25, -0.2) is 0 Å². The monoisotopic (exact) mass is 285 g/mol. The molecule has 0 heterocycles. The zero-order valence-electron chi connectivity index (χ0n) is 13.1. The first-order valence-corrected chi connectivity index (χ1v) is 8.18. The number of aliphatic carboxylic acids is 1. The van der Waals surface area contributed by atoms with Crippen molar-refractivity contribution in [1.82, 2.24) is 5.32 Å². The molecule has 0 bridgehead atoms. The van der Waals surface area contributed by atoms with Gasteiger partial charge < -0.3 is 15.2 Å². The zero-order valence-corrected chi connectivity index (χ0v) is 13.1. The van der Waals surface area contributed by atoms with E-state index in [-0.39, 0.29) is 0 Å². The largest absolute Gasteiger partial charge is 0.480 e. The molecule has 2 N–H and O–H groups in total. The quantitative estimate of drug-likeness (QED) is 0.604. The second-order valence-corrected chi connectivity index (χ2v) is 6.15. The molecule has 0 aliphatic heterocycles. The Morgan fingerprint density at radius 1 is 1.30 bits per heavy atom. The van der Waals surface area contributed by atoms with Crippen molar-refractivity contribution in [3.8, 4) is 0 Å². The van der Waals surface area contributed by atoms with Crippen LogP contribution in [0.5, 0.6) is 0 Å². The summed E-state index contributed by atoms with van der Waals surface area (Å²) < 4.78 is 5.87. The lowest BCUT2D eigenvalue weighted by molar-refractivity contribution is -0.144. The standard InChI is InChI=1S/C16H31NO3/c1-3-12-17-16(2,15(18)19)11-7-8-13-20-14-9-5-4-6-10-14/h14,17H,3-13H2,1-2H3,(H,18,19). The average Bonchev–Trinajstić information content (AvgIpc) is 2.45. The van der Waals surface area contributed by atoms with E-state index in [0.29, 0.717) is 12.5 Å². The van der Waals surface area contributed by atoms with Crippen molar-refractivity contribution in [2.45, 2.75) is 83.3 Å². The SMILES string of the molecule is CCCNC(C)(CCCCOC1CCCCC1)C(=O)O. The lowest BCUT2D eigenvalue weighted by Crippen LogP contribution is -2.49. The maximum atomic E-state index is 11.3. The summed E-state index contributed by atoms with van der Waals surface area (Å²) in [7, 11) is 0. The van der Waals surface area contributed by atoms with Gasteiger partial charge in [0.15, 0.2) is 0 Å². The number of hydrogen-bond donors (Lipinski definition) is 2. The van der Waals surface area contributed by atoms with Crippen molar-refractivity contribution < 1.29 is 14.6 Å². The molecule has 1 fully saturated rings.